The molecule has 9 heteroatoms. The molecule has 8 nitrogen and oxygen atoms in total. The highest BCUT2D eigenvalue weighted by molar-refractivity contribution is 7.92. The molecule has 1 amide bonds. The molecule has 3 aromatic carbocycles. The van der Waals surface area contributed by atoms with Crippen molar-refractivity contribution in [2.75, 3.05) is 4.72 Å². The molecule has 1 heterocycles. The van der Waals surface area contributed by atoms with Gasteiger partial charge < -0.3 is 4.42 Å². The molecule has 0 saturated carbocycles. The van der Waals surface area contributed by atoms with Crippen LogP contribution in [0.5, 0.6) is 0 Å². The molecule has 0 radical (unpaired) electrons. The van der Waals surface area contributed by atoms with Gasteiger partial charge in [0.25, 0.3) is 15.9 Å². The minimum atomic E-state index is -3.72. The van der Waals surface area contributed by atoms with E-state index in [1.807, 2.05) is 0 Å². The quantitative estimate of drug-likeness (QED) is 0.347. The highest BCUT2D eigenvalue weighted by atomic mass is 32.2. The zero-order chi connectivity index (χ0) is 22.6. The van der Waals surface area contributed by atoms with Crippen LogP contribution in [0.1, 0.15) is 15.9 Å². The molecule has 0 spiro atoms. The third-order valence-electron chi connectivity index (χ3n) is 4.53. The number of nitrogens with zero attached hydrogens (tertiary/aromatic N) is 1. The normalized spacial score (nSPS) is 11.5. The van der Waals surface area contributed by atoms with Gasteiger partial charge in [-0.05, 0) is 48.5 Å². The fraction of sp³-hybridized carbons (Fsp3) is 0. The molecular weight excluding hydrogens is 430 g/mol. The third-order valence-corrected chi connectivity index (χ3v) is 5.93. The van der Waals surface area contributed by atoms with Gasteiger partial charge >= 0.3 is 0 Å². The van der Waals surface area contributed by atoms with Crippen molar-refractivity contribution in [3.05, 3.63) is 106 Å². The molecule has 2 N–H and O–H groups in total. The van der Waals surface area contributed by atoms with Crippen LogP contribution in [-0.2, 0) is 10.0 Å². The van der Waals surface area contributed by atoms with Gasteiger partial charge in [0, 0.05) is 11.3 Å². The van der Waals surface area contributed by atoms with Gasteiger partial charge in [0.15, 0.2) is 0 Å². The Hall–Kier alpha value is -4.24. The molecule has 0 fully saturated rings. The van der Waals surface area contributed by atoms with Crippen LogP contribution in [0, 0.1) is 0 Å². The lowest BCUT2D eigenvalue weighted by atomic mass is 10.2. The van der Waals surface area contributed by atoms with Crippen molar-refractivity contribution in [3.63, 3.8) is 0 Å². The van der Waals surface area contributed by atoms with Crippen LogP contribution in [-0.4, -0.2) is 20.5 Å². The fourth-order valence-corrected chi connectivity index (χ4v) is 3.99. The fourth-order valence-electron chi connectivity index (χ4n) is 2.91. The molecule has 4 rings (SSSR count). The van der Waals surface area contributed by atoms with Gasteiger partial charge in [0.05, 0.1) is 22.1 Å². The SMILES string of the molecule is O=C(N/N=C\c1coc2ccccc2c1=O)c1ccc(NS(=O)(=O)c2ccccc2)cc1. The predicted octanol–water partition coefficient (Wildman–Crippen LogP) is 3.36. The molecule has 0 aliphatic heterocycles. The van der Waals surface area contributed by atoms with E-state index in [2.05, 4.69) is 15.2 Å². The Morgan fingerprint density at radius 1 is 0.906 bits per heavy atom. The number of benzene rings is 3. The Bertz CT molecular complexity index is 1460. The monoisotopic (exact) mass is 447 g/mol. The summed E-state index contributed by atoms with van der Waals surface area (Å²) in [4.78, 5) is 24.8. The maximum absolute atomic E-state index is 12.4. The number of carbonyl (C=O) groups excluding carboxylic acids is 1. The molecule has 1 aromatic heterocycles. The lowest BCUT2D eigenvalue weighted by Crippen LogP contribution is -2.19. The second-order valence-corrected chi connectivity index (χ2v) is 8.39. The molecule has 4 aromatic rings. The summed E-state index contributed by atoms with van der Waals surface area (Å²) in [6.45, 7) is 0. The Morgan fingerprint density at radius 3 is 2.34 bits per heavy atom. The topological polar surface area (TPSA) is 118 Å². The molecule has 0 saturated heterocycles. The van der Waals surface area contributed by atoms with E-state index in [1.54, 1.807) is 42.5 Å². The van der Waals surface area contributed by atoms with Gasteiger partial charge in [-0.15, -0.1) is 0 Å². The van der Waals surface area contributed by atoms with E-state index in [9.17, 15) is 18.0 Å². The number of para-hydroxylation sites is 1. The van der Waals surface area contributed by atoms with Crippen molar-refractivity contribution in [1.82, 2.24) is 5.43 Å². The summed E-state index contributed by atoms with van der Waals surface area (Å²) in [6, 6.07) is 20.6. The van der Waals surface area contributed by atoms with Gasteiger partial charge in [-0.25, -0.2) is 13.8 Å². The van der Waals surface area contributed by atoms with E-state index in [1.165, 1.54) is 48.9 Å². The Kier molecular flexibility index (Phi) is 5.82. The zero-order valence-electron chi connectivity index (χ0n) is 16.6. The molecule has 0 atom stereocenters. The largest absolute Gasteiger partial charge is 0.463 e. The number of hydrazone groups is 1. The summed E-state index contributed by atoms with van der Waals surface area (Å²) >= 11 is 0. The number of anilines is 1. The number of nitrogens with one attached hydrogen (secondary N) is 2. The highest BCUT2D eigenvalue weighted by Gasteiger charge is 2.14. The first-order valence-electron chi connectivity index (χ1n) is 9.46. The van der Waals surface area contributed by atoms with E-state index in [0.29, 0.717) is 16.7 Å². The summed E-state index contributed by atoms with van der Waals surface area (Å²) in [6.07, 6.45) is 2.48. The smallest absolute Gasteiger partial charge is 0.271 e. The average Bonchev–Trinajstić information content (AvgIpc) is 2.81. The van der Waals surface area contributed by atoms with Gasteiger partial charge in [-0.1, -0.05) is 30.3 Å². The maximum Gasteiger partial charge on any atom is 0.271 e. The van der Waals surface area contributed by atoms with Crippen molar-refractivity contribution in [2.45, 2.75) is 4.90 Å². The first-order chi connectivity index (χ1) is 15.4. The van der Waals surface area contributed by atoms with Crippen LogP contribution in [0.15, 0.2) is 104 Å². The highest BCUT2D eigenvalue weighted by Crippen LogP contribution is 2.16. The molecule has 0 aliphatic rings. The minimum absolute atomic E-state index is 0.134. The number of hydrogen-bond acceptors (Lipinski definition) is 6. The summed E-state index contributed by atoms with van der Waals surface area (Å²) in [7, 11) is -3.72. The lowest BCUT2D eigenvalue weighted by Gasteiger charge is -2.08. The second kappa shape index (κ2) is 8.86. The zero-order valence-corrected chi connectivity index (χ0v) is 17.4. The molecule has 0 aliphatic carbocycles. The van der Waals surface area contributed by atoms with Gasteiger partial charge in [0.1, 0.15) is 11.8 Å². The first-order valence-corrected chi connectivity index (χ1v) is 10.9. The Labute approximate surface area is 183 Å². The summed E-state index contributed by atoms with van der Waals surface area (Å²) in [5.41, 5.74) is 3.28. The van der Waals surface area contributed by atoms with Crippen molar-refractivity contribution < 1.29 is 17.6 Å². The van der Waals surface area contributed by atoms with E-state index < -0.39 is 15.9 Å². The molecular formula is C23H17N3O5S. The summed E-state index contributed by atoms with van der Waals surface area (Å²) < 4.78 is 32.6. The van der Waals surface area contributed by atoms with Crippen LogP contribution in [0.25, 0.3) is 11.0 Å². The Balaban J connectivity index is 1.42. The van der Waals surface area contributed by atoms with Crippen LogP contribution in [0.2, 0.25) is 0 Å². The number of carbonyl (C=O) groups is 1. The van der Waals surface area contributed by atoms with E-state index in [0.717, 1.165) is 0 Å². The van der Waals surface area contributed by atoms with Gasteiger partial charge in [0.2, 0.25) is 5.43 Å². The van der Waals surface area contributed by atoms with Gasteiger partial charge in [-0.2, -0.15) is 5.10 Å². The van der Waals surface area contributed by atoms with Crippen molar-refractivity contribution >= 4 is 38.8 Å². The summed E-state index contributed by atoms with van der Waals surface area (Å²) in [5.74, 6) is -0.524. The van der Waals surface area contributed by atoms with Gasteiger partial charge in [-0.3, -0.25) is 14.3 Å². The van der Waals surface area contributed by atoms with E-state index in [-0.39, 0.29) is 21.5 Å². The summed E-state index contributed by atoms with van der Waals surface area (Å²) in [5, 5.41) is 4.22. The number of amides is 1. The average molecular weight is 447 g/mol. The van der Waals surface area contributed by atoms with E-state index >= 15 is 0 Å². The lowest BCUT2D eigenvalue weighted by molar-refractivity contribution is 0.0955. The first kappa shape index (κ1) is 21.0. The second-order valence-electron chi connectivity index (χ2n) is 6.71. The van der Waals surface area contributed by atoms with Crippen molar-refractivity contribution in [2.24, 2.45) is 5.10 Å². The Morgan fingerprint density at radius 2 is 1.59 bits per heavy atom. The van der Waals surface area contributed by atoms with Crippen LogP contribution < -0.4 is 15.6 Å². The van der Waals surface area contributed by atoms with Crippen molar-refractivity contribution in [1.29, 1.82) is 0 Å². The number of hydrogen-bond donors (Lipinski definition) is 2. The third kappa shape index (κ3) is 4.57. The van der Waals surface area contributed by atoms with E-state index in [4.69, 9.17) is 4.42 Å². The number of fused-ring (bicyclic) bond motifs is 1. The molecule has 32 heavy (non-hydrogen) atoms. The van der Waals surface area contributed by atoms with Crippen LogP contribution in [0.3, 0.4) is 0 Å². The minimum Gasteiger partial charge on any atom is -0.463 e. The maximum atomic E-state index is 12.4. The molecule has 0 unspecified atom stereocenters. The predicted molar refractivity (Wildman–Crippen MR) is 121 cm³/mol. The van der Waals surface area contributed by atoms with Crippen LogP contribution >= 0.6 is 0 Å². The molecule has 0 bridgehead atoms. The standard InChI is InChI=1S/C23H17N3O5S/c27-22-17(15-31-21-9-5-4-8-20(21)22)14-24-25-23(28)16-10-12-18(13-11-16)26-32(29,30)19-6-2-1-3-7-19/h1-15,26H,(H,25,28)/b24-14-. The number of sulfonamides is 1. The number of rotatable bonds is 6. The van der Waals surface area contributed by atoms with Crippen molar-refractivity contribution in [3.8, 4) is 0 Å². The molecule has 160 valence electrons. The van der Waals surface area contributed by atoms with Crippen LogP contribution in [0.4, 0.5) is 5.69 Å².